The Kier molecular flexibility index (Phi) is 6.65. The highest BCUT2D eigenvalue weighted by atomic mass is 16.5. The van der Waals surface area contributed by atoms with Gasteiger partial charge in [-0.2, -0.15) is 0 Å². The molecule has 140 valence electrons. The third-order valence-corrected chi connectivity index (χ3v) is 3.32. The van der Waals surface area contributed by atoms with E-state index in [1.54, 1.807) is 37.3 Å². The molecule has 0 aromatic heterocycles. The molecular weight excluding hydrogens is 350 g/mol. The molecule has 0 bridgehead atoms. The molecule has 0 aliphatic rings. The first-order valence-electron chi connectivity index (χ1n) is 8.17. The standard InChI is InChI=1S/C19H19N3O5/c1-3-27-19(26)15-9-4-5-10-16(15)22-18(25)17(24)21-14-8-6-7-13(11-14)20-12(2)23/h4-11H,3H2,1-2H3,(H,20,23)(H,21,24)(H,22,25). The molecule has 3 N–H and O–H groups in total. The van der Waals surface area contributed by atoms with Gasteiger partial charge < -0.3 is 20.7 Å². The normalized spacial score (nSPS) is 9.85. The summed E-state index contributed by atoms with van der Waals surface area (Å²) in [5.74, 6) is -2.73. The molecule has 0 unspecified atom stereocenters. The van der Waals surface area contributed by atoms with E-state index < -0.39 is 17.8 Å². The van der Waals surface area contributed by atoms with Crippen LogP contribution in [-0.4, -0.2) is 30.3 Å². The van der Waals surface area contributed by atoms with Crippen molar-refractivity contribution in [3.8, 4) is 0 Å². The molecule has 0 aliphatic heterocycles. The van der Waals surface area contributed by atoms with Gasteiger partial charge in [0.05, 0.1) is 17.9 Å². The third kappa shape index (κ3) is 5.67. The Hall–Kier alpha value is -3.68. The summed E-state index contributed by atoms with van der Waals surface area (Å²) in [7, 11) is 0. The van der Waals surface area contributed by atoms with Crippen LogP contribution in [0.5, 0.6) is 0 Å². The zero-order valence-corrected chi connectivity index (χ0v) is 14.9. The van der Waals surface area contributed by atoms with E-state index in [4.69, 9.17) is 4.74 Å². The Bertz CT molecular complexity index is 879. The molecule has 2 aromatic carbocycles. The van der Waals surface area contributed by atoms with E-state index in [9.17, 15) is 19.2 Å². The van der Waals surface area contributed by atoms with Gasteiger partial charge in [-0.15, -0.1) is 0 Å². The minimum atomic E-state index is -0.948. The molecule has 0 aliphatic carbocycles. The Balaban J connectivity index is 2.08. The number of ether oxygens (including phenoxy) is 1. The van der Waals surface area contributed by atoms with E-state index in [2.05, 4.69) is 16.0 Å². The minimum Gasteiger partial charge on any atom is -0.462 e. The maximum absolute atomic E-state index is 12.2. The van der Waals surface area contributed by atoms with Crippen LogP contribution in [0.25, 0.3) is 0 Å². The van der Waals surface area contributed by atoms with Crippen molar-refractivity contribution < 1.29 is 23.9 Å². The zero-order chi connectivity index (χ0) is 19.8. The van der Waals surface area contributed by atoms with Gasteiger partial charge in [0.2, 0.25) is 5.91 Å². The highest BCUT2D eigenvalue weighted by Gasteiger charge is 2.18. The summed E-state index contributed by atoms with van der Waals surface area (Å²) in [6.07, 6.45) is 0. The summed E-state index contributed by atoms with van der Waals surface area (Å²) >= 11 is 0. The molecule has 0 spiro atoms. The van der Waals surface area contributed by atoms with Crippen molar-refractivity contribution in [1.29, 1.82) is 0 Å². The monoisotopic (exact) mass is 369 g/mol. The van der Waals surface area contributed by atoms with Crippen LogP contribution in [0.1, 0.15) is 24.2 Å². The number of benzene rings is 2. The number of esters is 1. The van der Waals surface area contributed by atoms with Gasteiger partial charge in [0.15, 0.2) is 0 Å². The van der Waals surface area contributed by atoms with Crippen LogP contribution in [-0.2, 0) is 19.1 Å². The quantitative estimate of drug-likeness (QED) is 0.553. The number of nitrogens with one attached hydrogen (secondary N) is 3. The lowest BCUT2D eigenvalue weighted by Gasteiger charge is -2.11. The summed E-state index contributed by atoms with van der Waals surface area (Å²) in [6, 6.07) is 12.6. The number of carbonyl (C=O) groups is 4. The van der Waals surface area contributed by atoms with Gasteiger partial charge in [-0.25, -0.2) is 4.79 Å². The van der Waals surface area contributed by atoms with Crippen LogP contribution >= 0.6 is 0 Å². The van der Waals surface area contributed by atoms with Crippen LogP contribution in [0.3, 0.4) is 0 Å². The third-order valence-electron chi connectivity index (χ3n) is 3.32. The topological polar surface area (TPSA) is 114 Å². The Labute approximate surface area is 155 Å². The average Bonchev–Trinajstić information content (AvgIpc) is 2.62. The van der Waals surface area contributed by atoms with E-state index >= 15 is 0 Å². The van der Waals surface area contributed by atoms with Gasteiger partial charge in [-0.05, 0) is 37.3 Å². The van der Waals surface area contributed by atoms with Crippen molar-refractivity contribution in [1.82, 2.24) is 0 Å². The second-order valence-electron chi connectivity index (χ2n) is 5.44. The first kappa shape index (κ1) is 19.6. The molecule has 0 fully saturated rings. The molecule has 3 amide bonds. The fraction of sp³-hybridized carbons (Fsp3) is 0.158. The first-order valence-corrected chi connectivity index (χ1v) is 8.17. The van der Waals surface area contributed by atoms with Crippen molar-refractivity contribution in [2.24, 2.45) is 0 Å². The van der Waals surface area contributed by atoms with E-state index in [1.165, 1.54) is 25.1 Å². The van der Waals surface area contributed by atoms with Crippen molar-refractivity contribution in [2.45, 2.75) is 13.8 Å². The summed E-state index contributed by atoms with van der Waals surface area (Å²) < 4.78 is 4.93. The number of anilines is 3. The maximum atomic E-state index is 12.2. The SMILES string of the molecule is CCOC(=O)c1ccccc1NC(=O)C(=O)Nc1cccc(NC(C)=O)c1. The van der Waals surface area contributed by atoms with Crippen LogP contribution in [0.2, 0.25) is 0 Å². The van der Waals surface area contributed by atoms with Crippen LogP contribution in [0, 0.1) is 0 Å². The predicted octanol–water partition coefficient (Wildman–Crippen LogP) is 2.40. The minimum absolute atomic E-state index is 0.146. The zero-order valence-electron chi connectivity index (χ0n) is 14.9. The van der Waals surface area contributed by atoms with E-state index in [1.807, 2.05) is 0 Å². The van der Waals surface area contributed by atoms with Crippen molar-refractivity contribution in [2.75, 3.05) is 22.6 Å². The fourth-order valence-corrected chi connectivity index (χ4v) is 2.22. The summed E-state index contributed by atoms with van der Waals surface area (Å²) in [6.45, 7) is 3.22. The van der Waals surface area contributed by atoms with Gasteiger partial charge >= 0.3 is 17.8 Å². The Morgan fingerprint density at radius 3 is 2.15 bits per heavy atom. The largest absolute Gasteiger partial charge is 0.462 e. The molecule has 8 heteroatoms. The van der Waals surface area contributed by atoms with E-state index in [-0.39, 0.29) is 23.8 Å². The molecule has 0 atom stereocenters. The highest BCUT2D eigenvalue weighted by Crippen LogP contribution is 2.17. The summed E-state index contributed by atoms with van der Waals surface area (Å²) in [5.41, 5.74) is 1.13. The molecular formula is C19H19N3O5. The second kappa shape index (κ2) is 9.14. The van der Waals surface area contributed by atoms with Crippen molar-refractivity contribution in [3.05, 3.63) is 54.1 Å². The van der Waals surface area contributed by atoms with Crippen LogP contribution in [0.4, 0.5) is 17.1 Å². The van der Waals surface area contributed by atoms with E-state index in [0.717, 1.165) is 0 Å². The summed E-state index contributed by atoms with van der Waals surface area (Å²) in [4.78, 5) is 47.3. The Morgan fingerprint density at radius 1 is 0.852 bits per heavy atom. The molecule has 0 heterocycles. The fourth-order valence-electron chi connectivity index (χ4n) is 2.22. The maximum Gasteiger partial charge on any atom is 0.340 e. The van der Waals surface area contributed by atoms with Crippen molar-refractivity contribution >= 4 is 40.8 Å². The molecule has 0 saturated heterocycles. The molecule has 27 heavy (non-hydrogen) atoms. The summed E-state index contributed by atoms with van der Waals surface area (Å²) in [5, 5.41) is 7.40. The number of amides is 3. The van der Waals surface area contributed by atoms with Gasteiger partial charge in [-0.3, -0.25) is 14.4 Å². The first-order chi connectivity index (χ1) is 12.9. The van der Waals surface area contributed by atoms with Gasteiger partial charge in [0.1, 0.15) is 0 Å². The lowest BCUT2D eigenvalue weighted by molar-refractivity contribution is -0.133. The van der Waals surface area contributed by atoms with Gasteiger partial charge in [-0.1, -0.05) is 18.2 Å². The van der Waals surface area contributed by atoms with Crippen molar-refractivity contribution in [3.63, 3.8) is 0 Å². The van der Waals surface area contributed by atoms with Gasteiger partial charge in [0.25, 0.3) is 0 Å². The smallest absolute Gasteiger partial charge is 0.340 e. The lowest BCUT2D eigenvalue weighted by Crippen LogP contribution is -2.29. The number of rotatable bonds is 5. The lowest BCUT2D eigenvalue weighted by atomic mass is 10.2. The number of hydrogen-bond acceptors (Lipinski definition) is 5. The predicted molar refractivity (Wildman–Crippen MR) is 100 cm³/mol. The number of hydrogen-bond donors (Lipinski definition) is 3. The molecule has 2 rings (SSSR count). The average molecular weight is 369 g/mol. The van der Waals surface area contributed by atoms with Crippen LogP contribution in [0.15, 0.2) is 48.5 Å². The van der Waals surface area contributed by atoms with E-state index in [0.29, 0.717) is 11.4 Å². The van der Waals surface area contributed by atoms with Crippen LogP contribution < -0.4 is 16.0 Å². The molecule has 8 nitrogen and oxygen atoms in total. The molecule has 2 aromatic rings. The number of para-hydroxylation sites is 1. The Morgan fingerprint density at radius 2 is 1.48 bits per heavy atom. The molecule has 0 saturated carbocycles. The molecule has 0 radical (unpaired) electrons. The number of carbonyl (C=O) groups excluding carboxylic acids is 4. The highest BCUT2D eigenvalue weighted by molar-refractivity contribution is 6.44. The van der Waals surface area contributed by atoms with Gasteiger partial charge in [0, 0.05) is 18.3 Å². The second-order valence-corrected chi connectivity index (χ2v) is 5.44.